The van der Waals surface area contributed by atoms with E-state index in [1.54, 1.807) is 30.6 Å². The van der Waals surface area contributed by atoms with Crippen LogP contribution < -0.4 is 20.7 Å². The molecule has 1 aliphatic rings. The van der Waals surface area contributed by atoms with Crippen molar-refractivity contribution in [2.45, 2.75) is 65.0 Å². The standard InChI is InChI=1S/C34H38F2N6O3/c1-4-9-38-33(43)24-15-27-28(19-41-32(27)40-18-24)23-11-22(12-25(14-23)45-20(2)3)17-39-31-26(6-5-10-37-31)34(44)42-16-21-7-8-29(35)30(36)13-21/h5-7,10-12,14-15,18-20,29-30H,4,8-9,13,16-17H2,1-3H3,(H,37,39)(H,38,43)(H,40,41)(H,42,44)/t29-,30?/m0/s1. The number of halogens is 2. The van der Waals surface area contributed by atoms with Crippen LogP contribution in [0.2, 0.25) is 0 Å². The van der Waals surface area contributed by atoms with E-state index in [2.05, 4.69) is 30.9 Å². The average molecular weight is 617 g/mol. The molecule has 11 heteroatoms. The van der Waals surface area contributed by atoms with Gasteiger partial charge < -0.3 is 25.7 Å². The van der Waals surface area contributed by atoms with E-state index < -0.39 is 12.3 Å². The van der Waals surface area contributed by atoms with Crippen molar-refractivity contribution in [2.75, 3.05) is 18.4 Å². The molecule has 4 N–H and O–H groups in total. The number of aromatic amines is 1. The summed E-state index contributed by atoms with van der Waals surface area (Å²) < 4.78 is 33.4. The molecular formula is C34H38F2N6O3. The number of nitrogens with zero attached hydrogens (tertiary/aromatic N) is 2. The number of benzene rings is 1. The van der Waals surface area contributed by atoms with Crippen molar-refractivity contribution in [1.82, 2.24) is 25.6 Å². The molecule has 0 aliphatic heterocycles. The molecule has 5 rings (SSSR count). The summed E-state index contributed by atoms with van der Waals surface area (Å²) in [4.78, 5) is 37.7. The van der Waals surface area contributed by atoms with Crippen molar-refractivity contribution in [3.05, 3.63) is 83.3 Å². The smallest absolute Gasteiger partial charge is 0.255 e. The number of ether oxygens (including phenoxy) is 1. The second-order valence-electron chi connectivity index (χ2n) is 11.4. The number of anilines is 1. The van der Waals surface area contributed by atoms with Crippen LogP contribution in [0.25, 0.3) is 22.2 Å². The number of alkyl halides is 2. The molecule has 0 spiro atoms. The molecule has 2 amide bonds. The van der Waals surface area contributed by atoms with Crippen LogP contribution in [0.4, 0.5) is 14.6 Å². The van der Waals surface area contributed by atoms with Gasteiger partial charge in [0.1, 0.15) is 29.6 Å². The van der Waals surface area contributed by atoms with Gasteiger partial charge in [-0.1, -0.05) is 18.6 Å². The lowest BCUT2D eigenvalue weighted by molar-refractivity contribution is 0.0946. The zero-order chi connectivity index (χ0) is 31.9. The van der Waals surface area contributed by atoms with E-state index in [1.807, 2.05) is 51.2 Å². The fraction of sp³-hybridized carbons (Fsp3) is 0.353. The molecule has 4 aromatic rings. The number of rotatable bonds is 12. The fourth-order valence-corrected chi connectivity index (χ4v) is 5.20. The number of fused-ring (bicyclic) bond motifs is 1. The Morgan fingerprint density at radius 3 is 2.69 bits per heavy atom. The first kappa shape index (κ1) is 31.6. The number of hydrogen-bond acceptors (Lipinski definition) is 6. The first-order chi connectivity index (χ1) is 21.7. The number of aromatic nitrogens is 3. The van der Waals surface area contributed by atoms with Gasteiger partial charge in [0.25, 0.3) is 11.8 Å². The zero-order valence-corrected chi connectivity index (χ0v) is 25.6. The Bertz CT molecular complexity index is 1700. The Kier molecular flexibility index (Phi) is 10.1. The quantitative estimate of drug-likeness (QED) is 0.139. The molecule has 0 bridgehead atoms. The van der Waals surface area contributed by atoms with Gasteiger partial charge in [0.15, 0.2) is 0 Å². The van der Waals surface area contributed by atoms with Crippen LogP contribution in [0.15, 0.2) is 66.6 Å². The summed E-state index contributed by atoms with van der Waals surface area (Å²) in [7, 11) is 0. The predicted molar refractivity (Wildman–Crippen MR) is 171 cm³/mol. The Hall–Kier alpha value is -4.80. The van der Waals surface area contributed by atoms with Crippen LogP contribution in [-0.2, 0) is 6.54 Å². The first-order valence-electron chi connectivity index (χ1n) is 15.2. The second kappa shape index (κ2) is 14.3. The van der Waals surface area contributed by atoms with Crippen molar-refractivity contribution >= 4 is 28.7 Å². The molecule has 3 aromatic heterocycles. The van der Waals surface area contributed by atoms with Gasteiger partial charge in [-0.2, -0.15) is 0 Å². The van der Waals surface area contributed by atoms with Gasteiger partial charge in [0.05, 0.1) is 17.2 Å². The molecular weight excluding hydrogens is 578 g/mol. The van der Waals surface area contributed by atoms with Crippen molar-refractivity contribution in [3.8, 4) is 16.9 Å². The number of carbonyl (C=O) groups is 2. The van der Waals surface area contributed by atoms with Crippen molar-refractivity contribution in [3.63, 3.8) is 0 Å². The van der Waals surface area contributed by atoms with Crippen LogP contribution in [0.3, 0.4) is 0 Å². The van der Waals surface area contributed by atoms with Gasteiger partial charge in [-0.3, -0.25) is 9.59 Å². The molecule has 0 fully saturated rings. The third kappa shape index (κ3) is 7.84. The lowest BCUT2D eigenvalue weighted by Crippen LogP contribution is -2.30. The molecule has 3 heterocycles. The van der Waals surface area contributed by atoms with Crippen molar-refractivity contribution in [1.29, 1.82) is 0 Å². The third-order valence-electron chi connectivity index (χ3n) is 7.45. The SMILES string of the molecule is CCCNC(=O)c1cnc2[nH]cc(-c3cc(CNc4ncccc4C(=O)NCC4=CC[C@H](F)C(F)C4)cc(OC(C)C)c3)c2c1. The molecule has 1 aromatic carbocycles. The molecule has 0 radical (unpaired) electrons. The minimum Gasteiger partial charge on any atom is -0.491 e. The topological polar surface area (TPSA) is 121 Å². The van der Waals surface area contributed by atoms with E-state index >= 15 is 0 Å². The highest BCUT2D eigenvalue weighted by molar-refractivity contribution is 6.01. The number of H-pyrrole nitrogens is 1. The maximum absolute atomic E-state index is 13.8. The highest BCUT2D eigenvalue weighted by Gasteiger charge is 2.25. The highest BCUT2D eigenvalue weighted by atomic mass is 19.2. The summed E-state index contributed by atoms with van der Waals surface area (Å²) in [5, 5.41) is 9.77. The second-order valence-corrected chi connectivity index (χ2v) is 11.4. The van der Waals surface area contributed by atoms with E-state index in [0.29, 0.717) is 47.0 Å². The van der Waals surface area contributed by atoms with Crippen LogP contribution in [0.1, 0.15) is 66.3 Å². The maximum Gasteiger partial charge on any atom is 0.255 e. The summed E-state index contributed by atoms with van der Waals surface area (Å²) in [6.07, 6.45) is 4.37. The van der Waals surface area contributed by atoms with Crippen LogP contribution in [-0.4, -0.2) is 58.3 Å². The Labute approximate surface area is 260 Å². The number of amides is 2. The first-order valence-corrected chi connectivity index (χ1v) is 15.2. The molecule has 0 saturated heterocycles. The van der Waals surface area contributed by atoms with Gasteiger partial charge >= 0.3 is 0 Å². The van der Waals surface area contributed by atoms with Crippen molar-refractivity contribution < 1.29 is 23.1 Å². The molecule has 1 aliphatic carbocycles. The molecule has 1 unspecified atom stereocenters. The van der Waals surface area contributed by atoms with Gasteiger partial charge in [0.2, 0.25) is 0 Å². The van der Waals surface area contributed by atoms with Gasteiger partial charge in [-0.15, -0.1) is 0 Å². The Morgan fingerprint density at radius 2 is 1.91 bits per heavy atom. The number of carbonyl (C=O) groups excluding carboxylic acids is 2. The number of nitrogens with one attached hydrogen (secondary N) is 4. The van der Waals surface area contributed by atoms with Crippen LogP contribution >= 0.6 is 0 Å². The lowest BCUT2D eigenvalue weighted by Gasteiger charge is -2.20. The largest absolute Gasteiger partial charge is 0.491 e. The maximum atomic E-state index is 13.8. The monoisotopic (exact) mass is 616 g/mol. The summed E-state index contributed by atoms with van der Waals surface area (Å²) in [6, 6.07) is 11.0. The third-order valence-corrected chi connectivity index (χ3v) is 7.45. The Balaban J connectivity index is 1.37. The minimum absolute atomic E-state index is 0.0121. The summed E-state index contributed by atoms with van der Waals surface area (Å²) in [5.74, 6) is 0.508. The average Bonchev–Trinajstić information content (AvgIpc) is 3.46. The number of allylic oxidation sites excluding steroid dienone is 1. The van der Waals surface area contributed by atoms with Gasteiger partial charge in [-0.25, -0.2) is 18.7 Å². The molecule has 236 valence electrons. The molecule has 45 heavy (non-hydrogen) atoms. The van der Waals surface area contributed by atoms with Gasteiger partial charge in [0, 0.05) is 55.6 Å². The molecule has 9 nitrogen and oxygen atoms in total. The molecule has 2 atom stereocenters. The van der Waals surface area contributed by atoms with Crippen LogP contribution in [0.5, 0.6) is 5.75 Å². The predicted octanol–water partition coefficient (Wildman–Crippen LogP) is 6.29. The lowest BCUT2D eigenvalue weighted by atomic mass is 9.96. The summed E-state index contributed by atoms with van der Waals surface area (Å²) in [6.45, 7) is 6.95. The molecule has 0 saturated carbocycles. The normalized spacial score (nSPS) is 16.4. The Morgan fingerprint density at radius 1 is 1.07 bits per heavy atom. The van der Waals surface area contributed by atoms with Crippen LogP contribution in [0, 0.1) is 0 Å². The van der Waals surface area contributed by atoms with Crippen molar-refractivity contribution in [2.24, 2.45) is 0 Å². The number of hydrogen-bond donors (Lipinski definition) is 4. The van der Waals surface area contributed by atoms with E-state index in [0.717, 1.165) is 28.5 Å². The summed E-state index contributed by atoms with van der Waals surface area (Å²) in [5.41, 5.74) is 4.74. The fourth-order valence-electron chi connectivity index (χ4n) is 5.20. The van der Waals surface area contributed by atoms with E-state index in [1.165, 1.54) is 0 Å². The van der Waals surface area contributed by atoms with E-state index in [-0.39, 0.29) is 37.3 Å². The zero-order valence-electron chi connectivity index (χ0n) is 25.6. The minimum atomic E-state index is -1.55. The van der Waals surface area contributed by atoms with Gasteiger partial charge in [-0.05, 0) is 74.2 Å². The highest BCUT2D eigenvalue weighted by Crippen LogP contribution is 2.33. The van der Waals surface area contributed by atoms with E-state index in [4.69, 9.17) is 4.74 Å². The summed E-state index contributed by atoms with van der Waals surface area (Å²) >= 11 is 0. The number of pyridine rings is 2. The van der Waals surface area contributed by atoms with E-state index in [9.17, 15) is 18.4 Å².